The van der Waals surface area contributed by atoms with Crippen LogP contribution >= 0.6 is 0 Å². The lowest BCUT2D eigenvalue weighted by Crippen LogP contribution is -2.38. The Morgan fingerprint density at radius 1 is 1.29 bits per heavy atom. The maximum atomic E-state index is 11.5. The minimum Gasteiger partial charge on any atom is -0.444 e. The Bertz CT molecular complexity index is 188. The fraction of sp³-hybridized carbons (Fsp3) is 0.923. The predicted octanol–water partition coefficient (Wildman–Crippen LogP) is 3.05. The molecule has 0 aliphatic heterocycles. The average molecular weight is 246 g/mol. The molecule has 0 rings (SSSR count). The zero-order chi connectivity index (χ0) is 13.9. The Labute approximate surface area is 106 Å². The molecule has 0 bridgehead atoms. The Morgan fingerprint density at radius 2 is 1.82 bits per heavy atom. The Hall–Kier alpha value is -0.770. The van der Waals surface area contributed by atoms with Crippen molar-refractivity contribution in [1.82, 2.24) is 5.32 Å². The number of alkyl carbamates (subject to hydrolysis) is 1. The summed E-state index contributed by atoms with van der Waals surface area (Å²) in [5.41, 5.74) is 4.09. The summed E-state index contributed by atoms with van der Waals surface area (Å²) in [5.74, 6) is 0. The number of rotatable bonds is 5. The highest BCUT2D eigenvalue weighted by atomic mass is 16.6. The molecular weight excluding hydrogens is 216 g/mol. The van der Waals surface area contributed by atoms with Gasteiger partial charge in [0, 0.05) is 6.04 Å². The second kappa shape index (κ2) is 10.4. The van der Waals surface area contributed by atoms with Gasteiger partial charge in [0.15, 0.2) is 0 Å². The zero-order valence-corrected chi connectivity index (χ0v) is 12.3. The van der Waals surface area contributed by atoms with Crippen molar-refractivity contribution in [3.05, 3.63) is 0 Å². The van der Waals surface area contributed by atoms with E-state index >= 15 is 0 Å². The van der Waals surface area contributed by atoms with Gasteiger partial charge in [-0.1, -0.05) is 26.7 Å². The van der Waals surface area contributed by atoms with Crippen molar-refractivity contribution in [2.75, 3.05) is 7.05 Å². The van der Waals surface area contributed by atoms with Crippen molar-refractivity contribution in [2.24, 2.45) is 5.73 Å². The van der Waals surface area contributed by atoms with E-state index in [2.05, 4.69) is 24.9 Å². The molecule has 17 heavy (non-hydrogen) atoms. The van der Waals surface area contributed by atoms with Crippen LogP contribution in [0.15, 0.2) is 0 Å². The summed E-state index contributed by atoms with van der Waals surface area (Å²) in [7, 11) is 1.50. The number of amides is 1. The van der Waals surface area contributed by atoms with Crippen LogP contribution in [-0.2, 0) is 4.74 Å². The molecule has 0 fully saturated rings. The monoisotopic (exact) mass is 246 g/mol. The first-order valence-electron chi connectivity index (χ1n) is 6.46. The fourth-order valence-corrected chi connectivity index (χ4v) is 1.30. The molecule has 0 saturated carbocycles. The summed E-state index contributed by atoms with van der Waals surface area (Å²) in [5, 5.41) is 2.90. The Balaban J connectivity index is 0. The molecule has 4 nitrogen and oxygen atoms in total. The maximum absolute atomic E-state index is 11.5. The van der Waals surface area contributed by atoms with Crippen LogP contribution in [0.2, 0.25) is 0 Å². The van der Waals surface area contributed by atoms with Crippen LogP contribution in [0.3, 0.4) is 0 Å². The van der Waals surface area contributed by atoms with Crippen LogP contribution in [0.1, 0.15) is 60.3 Å². The van der Waals surface area contributed by atoms with Crippen LogP contribution < -0.4 is 11.1 Å². The lowest BCUT2D eigenvalue weighted by Gasteiger charge is -2.23. The van der Waals surface area contributed by atoms with Crippen LogP contribution in [0.4, 0.5) is 4.79 Å². The van der Waals surface area contributed by atoms with E-state index in [-0.39, 0.29) is 12.1 Å². The second-order valence-electron chi connectivity index (χ2n) is 4.89. The predicted molar refractivity (Wildman–Crippen MR) is 73.1 cm³/mol. The topological polar surface area (TPSA) is 64.3 Å². The Morgan fingerprint density at radius 3 is 2.18 bits per heavy atom. The molecule has 0 aromatic heterocycles. The van der Waals surface area contributed by atoms with E-state index in [4.69, 9.17) is 4.74 Å². The van der Waals surface area contributed by atoms with Crippen molar-refractivity contribution in [3.8, 4) is 0 Å². The molecule has 0 aliphatic carbocycles. The maximum Gasteiger partial charge on any atom is 0.407 e. The first-order chi connectivity index (χ1) is 7.89. The van der Waals surface area contributed by atoms with Crippen LogP contribution in [0, 0.1) is 0 Å². The summed E-state index contributed by atoms with van der Waals surface area (Å²) in [6.45, 7) is 9.86. The number of carbonyl (C=O) groups excluding carboxylic acids is 1. The Kier molecular flexibility index (Phi) is 11.4. The molecule has 3 N–H and O–H groups in total. The third kappa shape index (κ3) is 13.2. The number of hydrogen-bond acceptors (Lipinski definition) is 3. The minimum absolute atomic E-state index is 0.250. The van der Waals surface area contributed by atoms with Gasteiger partial charge in [-0.25, -0.2) is 4.79 Å². The van der Waals surface area contributed by atoms with E-state index in [1.165, 1.54) is 7.05 Å². The molecule has 0 aromatic rings. The van der Waals surface area contributed by atoms with Crippen LogP contribution in [0.25, 0.3) is 0 Å². The molecule has 0 radical (unpaired) electrons. The molecule has 0 aromatic carbocycles. The van der Waals surface area contributed by atoms with E-state index in [0.717, 1.165) is 25.7 Å². The first kappa shape index (κ1) is 18.6. The summed E-state index contributed by atoms with van der Waals surface area (Å²) >= 11 is 0. The molecular formula is C13H30N2O2. The number of ether oxygens (including phenoxy) is 1. The normalized spacial score (nSPS) is 12.2. The molecule has 4 heteroatoms. The fourth-order valence-electron chi connectivity index (χ4n) is 1.30. The number of hydrogen-bond donors (Lipinski definition) is 2. The number of carbonyl (C=O) groups is 1. The number of nitrogens with two attached hydrogens (primary N) is 1. The summed E-state index contributed by atoms with van der Waals surface area (Å²) in [6, 6.07) is 0.250. The average Bonchev–Trinajstić information content (AvgIpc) is 2.24. The van der Waals surface area contributed by atoms with Gasteiger partial charge in [-0.05, 0) is 40.7 Å². The van der Waals surface area contributed by atoms with Gasteiger partial charge in [0.1, 0.15) is 5.60 Å². The van der Waals surface area contributed by atoms with Gasteiger partial charge < -0.3 is 15.8 Å². The number of nitrogens with one attached hydrogen (secondary N) is 1. The summed E-state index contributed by atoms with van der Waals surface area (Å²) < 4.78 is 5.20. The van der Waals surface area contributed by atoms with E-state index < -0.39 is 5.60 Å². The second-order valence-corrected chi connectivity index (χ2v) is 4.89. The number of unbranched alkanes of at least 4 members (excludes halogenated alkanes) is 1. The van der Waals surface area contributed by atoms with E-state index in [1.807, 2.05) is 20.8 Å². The van der Waals surface area contributed by atoms with Gasteiger partial charge in [-0.2, -0.15) is 0 Å². The lowest BCUT2D eigenvalue weighted by molar-refractivity contribution is 0.0500. The highest BCUT2D eigenvalue weighted by molar-refractivity contribution is 5.68. The quantitative estimate of drug-likeness (QED) is 0.783. The van der Waals surface area contributed by atoms with Gasteiger partial charge in [-0.3, -0.25) is 0 Å². The summed E-state index contributed by atoms with van der Waals surface area (Å²) in [4.78, 5) is 11.5. The largest absolute Gasteiger partial charge is 0.444 e. The minimum atomic E-state index is -0.410. The van der Waals surface area contributed by atoms with E-state index in [9.17, 15) is 4.79 Å². The van der Waals surface area contributed by atoms with Crippen molar-refractivity contribution in [2.45, 2.75) is 71.9 Å². The SMILES string of the molecule is CCCCC(CC)NC(=O)OC(C)(C)C.CN. The van der Waals surface area contributed by atoms with E-state index in [0.29, 0.717) is 0 Å². The molecule has 0 saturated heterocycles. The zero-order valence-electron chi connectivity index (χ0n) is 12.3. The molecule has 1 unspecified atom stereocenters. The smallest absolute Gasteiger partial charge is 0.407 e. The van der Waals surface area contributed by atoms with Crippen molar-refractivity contribution in [1.29, 1.82) is 0 Å². The van der Waals surface area contributed by atoms with Crippen molar-refractivity contribution >= 4 is 6.09 Å². The third-order valence-corrected chi connectivity index (χ3v) is 2.12. The third-order valence-electron chi connectivity index (χ3n) is 2.12. The van der Waals surface area contributed by atoms with Crippen molar-refractivity contribution < 1.29 is 9.53 Å². The first-order valence-corrected chi connectivity index (χ1v) is 6.46. The highest BCUT2D eigenvalue weighted by Gasteiger charge is 2.18. The molecule has 0 aliphatic rings. The van der Waals surface area contributed by atoms with Crippen LogP contribution in [-0.4, -0.2) is 24.8 Å². The molecule has 0 spiro atoms. The lowest BCUT2D eigenvalue weighted by atomic mass is 10.1. The van der Waals surface area contributed by atoms with Crippen LogP contribution in [0.5, 0.6) is 0 Å². The molecule has 104 valence electrons. The van der Waals surface area contributed by atoms with E-state index in [1.54, 1.807) is 0 Å². The van der Waals surface area contributed by atoms with Gasteiger partial charge in [-0.15, -0.1) is 0 Å². The van der Waals surface area contributed by atoms with Gasteiger partial charge in [0.05, 0.1) is 0 Å². The van der Waals surface area contributed by atoms with Crippen molar-refractivity contribution in [3.63, 3.8) is 0 Å². The van der Waals surface area contributed by atoms with Gasteiger partial charge >= 0.3 is 6.09 Å². The highest BCUT2D eigenvalue weighted by Crippen LogP contribution is 2.09. The molecule has 1 amide bonds. The van der Waals surface area contributed by atoms with Gasteiger partial charge in [0.2, 0.25) is 0 Å². The standard InChI is InChI=1S/C12H25NO2.CH5N/c1-6-8-9-10(7-2)13-11(14)15-12(3,4)5;1-2/h10H,6-9H2,1-5H3,(H,13,14);2H2,1H3. The molecule has 0 heterocycles. The van der Waals surface area contributed by atoms with Gasteiger partial charge in [0.25, 0.3) is 0 Å². The molecule has 1 atom stereocenters. The summed E-state index contributed by atoms with van der Waals surface area (Å²) in [6.07, 6.45) is 4.00.